The van der Waals surface area contributed by atoms with Gasteiger partial charge < -0.3 is 25.3 Å². The van der Waals surface area contributed by atoms with Crippen LogP contribution in [0.25, 0.3) is 0 Å². The summed E-state index contributed by atoms with van der Waals surface area (Å²) >= 11 is 0. The van der Waals surface area contributed by atoms with Crippen LogP contribution in [0.15, 0.2) is 18.2 Å². The van der Waals surface area contributed by atoms with E-state index in [9.17, 15) is 4.79 Å². The number of methoxy groups -OCH3 is 2. The normalized spacial score (nSPS) is 19.6. The highest BCUT2D eigenvalue weighted by Crippen LogP contribution is 2.32. The van der Waals surface area contributed by atoms with Gasteiger partial charge in [-0.25, -0.2) is 0 Å². The largest absolute Gasteiger partial charge is 0.493 e. The molecule has 30 heavy (non-hydrogen) atoms. The first-order chi connectivity index (χ1) is 13.6. The summed E-state index contributed by atoms with van der Waals surface area (Å²) in [5.41, 5.74) is 6.75. The Kier molecular flexibility index (Phi) is 11.2. The number of morpholine rings is 1. The minimum Gasteiger partial charge on any atom is -0.493 e. The molecule has 172 valence electrons. The molecule has 3 N–H and O–H groups in total. The zero-order valence-corrected chi connectivity index (χ0v) is 19.5. The molecule has 1 heterocycles. The number of halogens is 2. The van der Waals surface area contributed by atoms with Gasteiger partial charge in [-0.15, -0.1) is 24.8 Å². The van der Waals surface area contributed by atoms with Crippen LogP contribution in [0.3, 0.4) is 0 Å². The van der Waals surface area contributed by atoms with Gasteiger partial charge in [0.15, 0.2) is 11.5 Å². The molecule has 1 aromatic carbocycles. The molecule has 2 aliphatic rings. The molecule has 1 amide bonds. The van der Waals surface area contributed by atoms with Crippen molar-refractivity contribution in [1.29, 1.82) is 0 Å². The lowest BCUT2D eigenvalue weighted by atomic mass is 9.82. The SMILES string of the molecule is COc1ccc(C(CNC(=O)C2(N)CCCCC2)N2CCOCC2)cc1OC.Cl.Cl. The van der Waals surface area contributed by atoms with Crippen molar-refractivity contribution in [3.63, 3.8) is 0 Å². The maximum atomic E-state index is 12.8. The number of carbonyl (C=O) groups excluding carboxylic acids is 1. The van der Waals surface area contributed by atoms with Gasteiger partial charge in [0.05, 0.1) is 39.0 Å². The third-order valence-corrected chi connectivity index (χ3v) is 5.93. The number of nitrogens with zero attached hydrogens (tertiary/aromatic N) is 1. The number of amides is 1. The summed E-state index contributed by atoms with van der Waals surface area (Å²) in [5, 5.41) is 3.14. The van der Waals surface area contributed by atoms with Crippen molar-refractivity contribution in [3.8, 4) is 11.5 Å². The lowest BCUT2D eigenvalue weighted by Crippen LogP contribution is -2.56. The maximum Gasteiger partial charge on any atom is 0.240 e. The van der Waals surface area contributed by atoms with Crippen molar-refractivity contribution in [2.75, 3.05) is 47.1 Å². The Hall–Kier alpha value is -1.25. The van der Waals surface area contributed by atoms with Crippen molar-refractivity contribution in [1.82, 2.24) is 10.2 Å². The van der Waals surface area contributed by atoms with Crippen molar-refractivity contribution in [2.45, 2.75) is 43.7 Å². The van der Waals surface area contributed by atoms with Crippen LogP contribution < -0.4 is 20.5 Å². The molecule has 9 heteroatoms. The van der Waals surface area contributed by atoms with Crippen molar-refractivity contribution >= 4 is 30.7 Å². The van der Waals surface area contributed by atoms with Crippen LogP contribution in [-0.2, 0) is 9.53 Å². The van der Waals surface area contributed by atoms with Crippen LogP contribution in [-0.4, -0.2) is 63.4 Å². The van der Waals surface area contributed by atoms with Crippen LogP contribution in [0.5, 0.6) is 11.5 Å². The summed E-state index contributed by atoms with van der Waals surface area (Å²) < 4.78 is 16.3. The Labute approximate surface area is 191 Å². The van der Waals surface area contributed by atoms with E-state index in [1.165, 1.54) is 0 Å². The zero-order valence-electron chi connectivity index (χ0n) is 17.9. The molecule has 1 atom stereocenters. The van der Waals surface area contributed by atoms with E-state index in [0.717, 1.165) is 50.8 Å². The number of nitrogens with one attached hydrogen (secondary N) is 1. The van der Waals surface area contributed by atoms with E-state index in [4.69, 9.17) is 19.9 Å². The van der Waals surface area contributed by atoms with Crippen LogP contribution in [0.4, 0.5) is 0 Å². The molecular formula is C21H35Cl2N3O4. The van der Waals surface area contributed by atoms with Gasteiger partial charge in [0.25, 0.3) is 0 Å². The summed E-state index contributed by atoms with van der Waals surface area (Å²) in [6.07, 6.45) is 4.72. The van der Waals surface area contributed by atoms with Gasteiger partial charge in [0, 0.05) is 19.6 Å². The molecule has 0 spiro atoms. The number of nitrogens with two attached hydrogens (primary N) is 1. The monoisotopic (exact) mass is 463 g/mol. The van der Waals surface area contributed by atoms with E-state index >= 15 is 0 Å². The number of hydrogen-bond acceptors (Lipinski definition) is 6. The molecule has 2 fully saturated rings. The highest BCUT2D eigenvalue weighted by Gasteiger charge is 2.36. The second-order valence-corrected chi connectivity index (χ2v) is 7.71. The molecule has 3 rings (SSSR count). The number of carbonyl (C=O) groups is 1. The lowest BCUT2D eigenvalue weighted by molar-refractivity contribution is -0.127. The van der Waals surface area contributed by atoms with Crippen LogP contribution >= 0.6 is 24.8 Å². The second kappa shape index (κ2) is 12.6. The minimum absolute atomic E-state index is 0. The molecule has 0 aromatic heterocycles. The summed E-state index contributed by atoms with van der Waals surface area (Å²) in [7, 11) is 3.26. The van der Waals surface area contributed by atoms with Crippen molar-refractivity contribution in [2.24, 2.45) is 5.73 Å². The third kappa shape index (κ3) is 6.37. The fourth-order valence-corrected chi connectivity index (χ4v) is 4.18. The second-order valence-electron chi connectivity index (χ2n) is 7.71. The fraction of sp³-hybridized carbons (Fsp3) is 0.667. The number of rotatable bonds is 7. The standard InChI is InChI=1S/C21H33N3O4.2ClH/c1-26-18-7-6-16(14-19(18)27-2)17(24-10-12-28-13-11-24)15-23-20(25)21(22)8-4-3-5-9-21;;/h6-7,14,17H,3-5,8-13,15,22H2,1-2H3,(H,23,25);2*1H. The molecule has 1 saturated carbocycles. The van der Waals surface area contributed by atoms with Gasteiger partial charge in [-0.1, -0.05) is 25.3 Å². The molecule has 1 aliphatic carbocycles. The quantitative estimate of drug-likeness (QED) is 0.646. The molecule has 1 aromatic rings. The van der Waals surface area contributed by atoms with E-state index < -0.39 is 5.54 Å². The molecule has 0 bridgehead atoms. The number of benzene rings is 1. The van der Waals surface area contributed by atoms with Gasteiger partial charge in [-0.3, -0.25) is 9.69 Å². The van der Waals surface area contributed by atoms with Crippen LogP contribution in [0.1, 0.15) is 43.7 Å². The average molecular weight is 464 g/mol. The minimum atomic E-state index is -0.731. The zero-order chi connectivity index (χ0) is 20.0. The molecule has 7 nitrogen and oxygen atoms in total. The topological polar surface area (TPSA) is 86.0 Å². The first kappa shape index (κ1) is 26.8. The average Bonchev–Trinajstić information content (AvgIpc) is 2.74. The molecule has 1 unspecified atom stereocenters. The summed E-state index contributed by atoms with van der Waals surface area (Å²) in [5.74, 6) is 1.34. The first-order valence-corrected chi connectivity index (χ1v) is 10.2. The van der Waals surface area contributed by atoms with Crippen molar-refractivity contribution < 1.29 is 19.0 Å². The van der Waals surface area contributed by atoms with E-state index in [1.54, 1.807) is 14.2 Å². The summed E-state index contributed by atoms with van der Waals surface area (Å²) in [6.45, 7) is 3.54. The van der Waals surface area contributed by atoms with E-state index in [2.05, 4.69) is 10.2 Å². The van der Waals surface area contributed by atoms with Crippen LogP contribution in [0.2, 0.25) is 0 Å². The van der Waals surface area contributed by atoms with E-state index in [-0.39, 0.29) is 36.8 Å². The van der Waals surface area contributed by atoms with E-state index in [1.807, 2.05) is 18.2 Å². The molecule has 1 saturated heterocycles. The molecular weight excluding hydrogens is 429 g/mol. The van der Waals surface area contributed by atoms with E-state index in [0.29, 0.717) is 31.3 Å². The number of ether oxygens (including phenoxy) is 3. The Bertz CT molecular complexity index is 666. The Morgan fingerprint density at radius 1 is 1.13 bits per heavy atom. The first-order valence-electron chi connectivity index (χ1n) is 10.2. The highest BCUT2D eigenvalue weighted by molar-refractivity contribution is 5.86. The highest BCUT2D eigenvalue weighted by atomic mass is 35.5. The van der Waals surface area contributed by atoms with Gasteiger partial charge in [0.2, 0.25) is 5.91 Å². The third-order valence-electron chi connectivity index (χ3n) is 5.93. The van der Waals surface area contributed by atoms with Crippen LogP contribution in [0, 0.1) is 0 Å². The fourth-order valence-electron chi connectivity index (χ4n) is 4.18. The maximum absolute atomic E-state index is 12.8. The smallest absolute Gasteiger partial charge is 0.240 e. The van der Waals surface area contributed by atoms with Gasteiger partial charge >= 0.3 is 0 Å². The Balaban J connectivity index is 0.00000225. The molecule has 0 radical (unpaired) electrons. The van der Waals surface area contributed by atoms with Gasteiger partial charge in [0.1, 0.15) is 0 Å². The Morgan fingerprint density at radius 2 is 1.77 bits per heavy atom. The van der Waals surface area contributed by atoms with Gasteiger partial charge in [-0.05, 0) is 30.5 Å². The Morgan fingerprint density at radius 3 is 2.37 bits per heavy atom. The predicted molar refractivity (Wildman–Crippen MR) is 122 cm³/mol. The van der Waals surface area contributed by atoms with Gasteiger partial charge in [-0.2, -0.15) is 0 Å². The predicted octanol–water partition coefficient (Wildman–Crippen LogP) is 2.70. The number of hydrogen-bond donors (Lipinski definition) is 2. The lowest BCUT2D eigenvalue weighted by Gasteiger charge is -2.37. The molecule has 1 aliphatic heterocycles. The summed E-state index contributed by atoms with van der Waals surface area (Å²) in [4.78, 5) is 15.2. The van der Waals surface area contributed by atoms with Crippen molar-refractivity contribution in [3.05, 3.63) is 23.8 Å². The summed E-state index contributed by atoms with van der Waals surface area (Å²) in [6, 6.07) is 5.96.